The molecule has 0 aliphatic carbocycles. The van der Waals surface area contributed by atoms with Crippen LogP contribution in [0.5, 0.6) is 0 Å². The van der Waals surface area contributed by atoms with E-state index in [4.69, 9.17) is 13.6 Å². The first-order valence-corrected chi connectivity index (χ1v) is 10.8. The lowest BCUT2D eigenvalue weighted by Gasteiger charge is -2.16. The van der Waals surface area contributed by atoms with Crippen LogP contribution in [0, 0.1) is 6.92 Å². The van der Waals surface area contributed by atoms with E-state index in [9.17, 15) is 4.79 Å². The summed E-state index contributed by atoms with van der Waals surface area (Å²) in [7, 11) is 0. The Bertz CT molecular complexity index is 1230. The fraction of sp³-hybridized carbons (Fsp3) is 0.333. The molecule has 5 heterocycles. The van der Waals surface area contributed by atoms with Crippen molar-refractivity contribution in [1.82, 2.24) is 19.5 Å². The van der Waals surface area contributed by atoms with Gasteiger partial charge in [-0.1, -0.05) is 11.8 Å². The maximum Gasteiger partial charge on any atom is 0.263 e. The number of nitrogens with zero attached hydrogens (tertiary/aromatic N) is 4. The third-order valence-corrected chi connectivity index (χ3v) is 6.06. The molecule has 0 amide bonds. The summed E-state index contributed by atoms with van der Waals surface area (Å²) in [4.78, 5) is 26.6. The second-order valence-electron chi connectivity index (χ2n) is 7.11. The lowest BCUT2D eigenvalue weighted by Crippen LogP contribution is -2.29. The average molecular weight is 424 g/mol. The SMILES string of the molecule is Cc1oc(-c2ccco2)nc1CSc1nc2ncccc2c(=O)n1CC1CCCO1. The van der Waals surface area contributed by atoms with Gasteiger partial charge in [0.15, 0.2) is 16.6 Å². The number of aryl methyl sites for hydroxylation is 1. The minimum Gasteiger partial charge on any atom is -0.459 e. The summed E-state index contributed by atoms with van der Waals surface area (Å²) >= 11 is 1.44. The van der Waals surface area contributed by atoms with Crippen molar-refractivity contribution in [2.24, 2.45) is 0 Å². The van der Waals surface area contributed by atoms with Gasteiger partial charge in [-0.15, -0.1) is 0 Å². The Morgan fingerprint density at radius 2 is 2.20 bits per heavy atom. The van der Waals surface area contributed by atoms with E-state index in [2.05, 4.69) is 15.0 Å². The first-order chi connectivity index (χ1) is 14.7. The van der Waals surface area contributed by atoms with Crippen LogP contribution >= 0.6 is 11.8 Å². The van der Waals surface area contributed by atoms with Gasteiger partial charge in [0.25, 0.3) is 11.4 Å². The number of rotatable bonds is 6. The average Bonchev–Trinajstić information content (AvgIpc) is 3.51. The molecule has 0 N–H and O–H groups in total. The molecule has 4 aromatic heterocycles. The smallest absolute Gasteiger partial charge is 0.263 e. The van der Waals surface area contributed by atoms with Crippen molar-refractivity contribution in [3.8, 4) is 11.7 Å². The largest absolute Gasteiger partial charge is 0.459 e. The quantitative estimate of drug-likeness (QED) is 0.340. The zero-order valence-corrected chi connectivity index (χ0v) is 17.2. The highest BCUT2D eigenvalue weighted by Crippen LogP contribution is 2.28. The predicted molar refractivity (Wildman–Crippen MR) is 111 cm³/mol. The van der Waals surface area contributed by atoms with Crippen LogP contribution in [-0.2, 0) is 17.0 Å². The molecule has 0 bridgehead atoms. The third kappa shape index (κ3) is 3.66. The van der Waals surface area contributed by atoms with Crippen LogP contribution in [0.25, 0.3) is 22.7 Å². The fourth-order valence-electron chi connectivity index (χ4n) is 3.50. The minimum absolute atomic E-state index is 0.0253. The van der Waals surface area contributed by atoms with Crippen LogP contribution in [-0.4, -0.2) is 32.2 Å². The van der Waals surface area contributed by atoms with Crippen LogP contribution in [0.1, 0.15) is 24.3 Å². The first kappa shape index (κ1) is 19.1. The molecular weight excluding hydrogens is 404 g/mol. The van der Waals surface area contributed by atoms with Gasteiger partial charge >= 0.3 is 0 Å². The monoisotopic (exact) mass is 424 g/mol. The summed E-state index contributed by atoms with van der Waals surface area (Å²) in [6.07, 6.45) is 5.20. The van der Waals surface area contributed by atoms with Crippen molar-refractivity contribution >= 4 is 22.8 Å². The Morgan fingerprint density at radius 1 is 1.27 bits per heavy atom. The van der Waals surface area contributed by atoms with Gasteiger partial charge in [-0.25, -0.2) is 15.0 Å². The molecule has 9 heteroatoms. The van der Waals surface area contributed by atoms with Gasteiger partial charge in [-0.05, 0) is 44.0 Å². The Kier molecular flexibility index (Phi) is 5.14. The predicted octanol–water partition coefficient (Wildman–Crippen LogP) is 3.82. The second kappa shape index (κ2) is 8.08. The van der Waals surface area contributed by atoms with Gasteiger partial charge in [0.1, 0.15) is 5.76 Å². The zero-order valence-electron chi connectivity index (χ0n) is 16.4. The Hall–Kier alpha value is -2.91. The summed E-state index contributed by atoms with van der Waals surface area (Å²) in [5, 5.41) is 1.11. The number of thioether (sulfide) groups is 1. The molecule has 30 heavy (non-hydrogen) atoms. The number of pyridine rings is 1. The Labute approximate surface area is 176 Å². The molecule has 4 aromatic rings. The lowest BCUT2D eigenvalue weighted by atomic mass is 10.2. The van der Waals surface area contributed by atoms with Crippen LogP contribution in [0.3, 0.4) is 0 Å². The van der Waals surface area contributed by atoms with E-state index < -0.39 is 0 Å². The molecule has 1 aliphatic rings. The number of hydrogen-bond acceptors (Lipinski definition) is 8. The minimum atomic E-state index is -0.0979. The van der Waals surface area contributed by atoms with E-state index >= 15 is 0 Å². The van der Waals surface area contributed by atoms with Crippen molar-refractivity contribution in [3.05, 3.63) is 58.5 Å². The van der Waals surface area contributed by atoms with E-state index in [0.29, 0.717) is 45.9 Å². The molecule has 1 fully saturated rings. The summed E-state index contributed by atoms with van der Waals surface area (Å²) in [6, 6.07) is 7.11. The number of ether oxygens (including phenoxy) is 1. The van der Waals surface area contributed by atoms with Crippen LogP contribution in [0.2, 0.25) is 0 Å². The topological polar surface area (TPSA) is 96.2 Å². The molecule has 0 radical (unpaired) electrons. The van der Waals surface area contributed by atoms with E-state index in [1.807, 2.05) is 6.92 Å². The number of oxazole rings is 1. The third-order valence-electron chi connectivity index (χ3n) is 5.07. The molecule has 154 valence electrons. The zero-order chi connectivity index (χ0) is 20.5. The molecule has 1 unspecified atom stereocenters. The molecular formula is C21H20N4O4S. The van der Waals surface area contributed by atoms with Crippen molar-refractivity contribution in [2.75, 3.05) is 6.61 Å². The maximum atomic E-state index is 13.1. The van der Waals surface area contributed by atoms with E-state index in [0.717, 1.165) is 25.1 Å². The molecule has 0 spiro atoms. The Balaban J connectivity index is 1.46. The number of fused-ring (bicyclic) bond motifs is 1. The van der Waals surface area contributed by atoms with Gasteiger partial charge in [-0.3, -0.25) is 9.36 Å². The van der Waals surface area contributed by atoms with Crippen molar-refractivity contribution in [1.29, 1.82) is 0 Å². The van der Waals surface area contributed by atoms with Crippen LogP contribution < -0.4 is 5.56 Å². The summed E-state index contributed by atoms with van der Waals surface area (Å²) in [5.41, 5.74) is 1.13. The first-order valence-electron chi connectivity index (χ1n) is 9.79. The standard InChI is InChI=1S/C21H20N4O4S/c1-13-16(23-19(29-13)17-7-4-10-28-17)12-30-21-24-18-15(6-2-8-22-18)20(26)25(21)11-14-5-3-9-27-14/h2,4,6-8,10,14H,3,5,9,11-12H2,1H3. The Morgan fingerprint density at radius 3 is 3.00 bits per heavy atom. The van der Waals surface area contributed by atoms with Crippen molar-refractivity contribution in [2.45, 2.75) is 43.3 Å². The van der Waals surface area contributed by atoms with Gasteiger partial charge in [0, 0.05) is 18.6 Å². The molecule has 0 aromatic carbocycles. The van der Waals surface area contributed by atoms with E-state index in [1.165, 1.54) is 11.8 Å². The summed E-state index contributed by atoms with van der Waals surface area (Å²) in [5.74, 6) is 2.24. The van der Waals surface area contributed by atoms with Gasteiger partial charge in [0.05, 0.1) is 30.0 Å². The molecule has 1 aliphatic heterocycles. The molecule has 5 rings (SSSR count). The van der Waals surface area contributed by atoms with E-state index in [-0.39, 0.29) is 11.7 Å². The fourth-order valence-corrected chi connectivity index (χ4v) is 4.50. The van der Waals surface area contributed by atoms with Crippen LogP contribution in [0.15, 0.2) is 55.5 Å². The normalized spacial score (nSPS) is 16.5. The van der Waals surface area contributed by atoms with Crippen molar-refractivity contribution in [3.63, 3.8) is 0 Å². The molecule has 0 saturated carbocycles. The second-order valence-corrected chi connectivity index (χ2v) is 8.05. The van der Waals surface area contributed by atoms with Gasteiger partial charge in [0.2, 0.25) is 0 Å². The highest BCUT2D eigenvalue weighted by Gasteiger charge is 2.21. The van der Waals surface area contributed by atoms with Gasteiger partial charge in [-0.2, -0.15) is 0 Å². The molecule has 1 saturated heterocycles. The summed E-state index contributed by atoms with van der Waals surface area (Å²) in [6.45, 7) is 3.08. The van der Waals surface area contributed by atoms with Crippen molar-refractivity contribution < 1.29 is 13.6 Å². The highest BCUT2D eigenvalue weighted by molar-refractivity contribution is 7.98. The maximum absolute atomic E-state index is 13.1. The molecule has 8 nitrogen and oxygen atoms in total. The number of hydrogen-bond donors (Lipinski definition) is 0. The molecule has 1 atom stereocenters. The number of furan rings is 1. The van der Waals surface area contributed by atoms with E-state index in [1.54, 1.807) is 41.3 Å². The van der Waals surface area contributed by atoms with Crippen LogP contribution in [0.4, 0.5) is 0 Å². The lowest BCUT2D eigenvalue weighted by molar-refractivity contribution is 0.0937. The summed E-state index contributed by atoms with van der Waals surface area (Å²) < 4.78 is 18.6. The van der Waals surface area contributed by atoms with Gasteiger partial charge < -0.3 is 13.6 Å². The highest BCUT2D eigenvalue weighted by atomic mass is 32.2. The number of aromatic nitrogens is 4.